The molecule has 0 aliphatic heterocycles. The maximum Gasteiger partial charge on any atom is 0.121 e. The minimum absolute atomic E-state index is 0.198. The van der Waals surface area contributed by atoms with E-state index in [4.69, 9.17) is 0 Å². The summed E-state index contributed by atoms with van der Waals surface area (Å²) in [6.07, 6.45) is 3.44. The van der Waals surface area contributed by atoms with Crippen molar-refractivity contribution < 1.29 is 4.39 Å². The summed E-state index contributed by atoms with van der Waals surface area (Å²) < 4.78 is 12.9. The Morgan fingerprint density at radius 3 is 2.75 bits per heavy atom. The summed E-state index contributed by atoms with van der Waals surface area (Å²) in [6.45, 7) is 6.98. The Morgan fingerprint density at radius 1 is 1.58 bits per heavy atom. The van der Waals surface area contributed by atoms with Gasteiger partial charge in [0.15, 0.2) is 0 Å². The van der Waals surface area contributed by atoms with Gasteiger partial charge in [-0.05, 0) is 25.5 Å². The lowest BCUT2D eigenvalue weighted by atomic mass is 10.2. The molecule has 0 atom stereocenters. The fourth-order valence-corrected chi connectivity index (χ4v) is 1.09. The van der Waals surface area contributed by atoms with Crippen LogP contribution in [0.4, 0.5) is 4.39 Å². The molecule has 12 heavy (non-hydrogen) atoms. The van der Waals surface area contributed by atoms with Gasteiger partial charge in [0.1, 0.15) is 5.83 Å². The van der Waals surface area contributed by atoms with Crippen LogP contribution in [0.15, 0.2) is 24.9 Å². The number of H-pyrrole nitrogens is 1. The predicted molar refractivity (Wildman–Crippen MR) is 49.5 cm³/mol. The van der Waals surface area contributed by atoms with Crippen molar-refractivity contribution in [3.05, 3.63) is 35.5 Å². The van der Waals surface area contributed by atoms with Crippen LogP contribution in [0.2, 0.25) is 0 Å². The van der Waals surface area contributed by atoms with Gasteiger partial charge < -0.3 is 4.98 Å². The topological polar surface area (TPSA) is 15.8 Å². The Bertz CT molecular complexity index is 394. The van der Waals surface area contributed by atoms with Gasteiger partial charge in [-0.3, -0.25) is 0 Å². The normalized spacial score (nSPS) is 15.6. The summed E-state index contributed by atoms with van der Waals surface area (Å²) in [5.74, 6) is -0.198. The maximum atomic E-state index is 12.9. The molecule has 0 spiro atoms. The van der Waals surface area contributed by atoms with Crippen LogP contribution < -0.4 is 10.6 Å². The molecule has 1 aromatic heterocycles. The van der Waals surface area contributed by atoms with E-state index >= 15 is 0 Å². The van der Waals surface area contributed by atoms with Gasteiger partial charge in [0, 0.05) is 11.4 Å². The number of hydrogen-bond donors (Lipinski definition) is 1. The molecule has 1 N–H and O–H groups in total. The van der Waals surface area contributed by atoms with Gasteiger partial charge in [-0.1, -0.05) is 12.7 Å². The third-order valence-electron chi connectivity index (χ3n) is 1.82. The Labute approximate surface area is 70.9 Å². The molecule has 0 aliphatic rings. The van der Waals surface area contributed by atoms with E-state index in [2.05, 4.69) is 11.6 Å². The summed E-state index contributed by atoms with van der Waals surface area (Å²) in [7, 11) is 0. The van der Waals surface area contributed by atoms with Gasteiger partial charge in [0.05, 0.1) is 5.35 Å². The van der Waals surface area contributed by atoms with E-state index in [1.54, 1.807) is 12.3 Å². The Balaban J connectivity index is 3.68. The van der Waals surface area contributed by atoms with E-state index in [0.29, 0.717) is 5.35 Å². The van der Waals surface area contributed by atoms with E-state index < -0.39 is 0 Å². The second kappa shape index (κ2) is 3.39. The first-order valence-electron chi connectivity index (χ1n) is 3.80. The highest BCUT2D eigenvalue weighted by Gasteiger charge is 1.93. The second-order valence-electron chi connectivity index (χ2n) is 2.69. The molecular formula is C10H12FN. The van der Waals surface area contributed by atoms with Crippen molar-refractivity contribution in [1.29, 1.82) is 0 Å². The van der Waals surface area contributed by atoms with Gasteiger partial charge in [-0.15, -0.1) is 0 Å². The maximum absolute atomic E-state index is 12.9. The Morgan fingerprint density at radius 2 is 2.25 bits per heavy atom. The second-order valence-corrected chi connectivity index (χ2v) is 2.69. The van der Waals surface area contributed by atoms with Gasteiger partial charge in [0.2, 0.25) is 0 Å². The lowest BCUT2D eigenvalue weighted by Gasteiger charge is -1.87. The fraction of sp³-hybridized carbons (Fsp3) is 0.200. The third kappa shape index (κ3) is 1.47. The molecule has 1 aromatic rings. The van der Waals surface area contributed by atoms with E-state index in [1.165, 1.54) is 6.92 Å². The summed E-state index contributed by atoms with van der Waals surface area (Å²) >= 11 is 0. The molecule has 0 fully saturated rings. The summed E-state index contributed by atoms with van der Waals surface area (Å²) in [5, 5.41) is 1.43. The smallest absolute Gasteiger partial charge is 0.121 e. The molecule has 0 saturated carbocycles. The van der Waals surface area contributed by atoms with Gasteiger partial charge in [-0.25, -0.2) is 4.39 Å². The van der Waals surface area contributed by atoms with Crippen LogP contribution in [0.1, 0.15) is 13.8 Å². The molecule has 0 unspecified atom stereocenters. The molecule has 2 heteroatoms. The van der Waals surface area contributed by atoms with Crippen molar-refractivity contribution in [2.75, 3.05) is 0 Å². The highest BCUT2D eigenvalue weighted by Crippen LogP contribution is 1.90. The average molecular weight is 165 g/mol. The van der Waals surface area contributed by atoms with Crippen LogP contribution in [0.25, 0.3) is 11.4 Å². The zero-order valence-corrected chi connectivity index (χ0v) is 7.32. The molecule has 0 bridgehead atoms. The van der Waals surface area contributed by atoms with Crippen molar-refractivity contribution in [1.82, 2.24) is 4.98 Å². The predicted octanol–water partition coefficient (Wildman–Crippen LogP) is 1.47. The number of allylic oxidation sites excluding steroid dienone is 1. The van der Waals surface area contributed by atoms with E-state index in [1.807, 2.05) is 13.0 Å². The Kier molecular flexibility index (Phi) is 2.48. The highest BCUT2D eigenvalue weighted by molar-refractivity contribution is 5.53. The zero-order chi connectivity index (χ0) is 9.14. The number of halogens is 1. The fourth-order valence-electron chi connectivity index (χ4n) is 1.09. The zero-order valence-electron chi connectivity index (χ0n) is 7.32. The molecule has 0 radical (unpaired) electrons. The summed E-state index contributed by atoms with van der Waals surface area (Å²) in [5.41, 5.74) is 0.975. The molecular weight excluding hydrogens is 153 g/mol. The quantitative estimate of drug-likeness (QED) is 0.648. The highest BCUT2D eigenvalue weighted by atomic mass is 19.1. The van der Waals surface area contributed by atoms with Crippen molar-refractivity contribution in [2.24, 2.45) is 0 Å². The lowest BCUT2D eigenvalue weighted by molar-refractivity contribution is 0.735. The first-order valence-corrected chi connectivity index (χ1v) is 3.80. The van der Waals surface area contributed by atoms with Crippen LogP contribution in [-0.2, 0) is 0 Å². The third-order valence-corrected chi connectivity index (χ3v) is 1.82. The summed E-state index contributed by atoms with van der Waals surface area (Å²) in [4.78, 5) is 2.84. The summed E-state index contributed by atoms with van der Waals surface area (Å²) in [6, 6.07) is 1.84. The van der Waals surface area contributed by atoms with Crippen molar-refractivity contribution in [2.45, 2.75) is 13.8 Å². The molecule has 1 rings (SSSR count). The monoisotopic (exact) mass is 165 g/mol. The average Bonchev–Trinajstić information content (AvgIpc) is 2.50. The Hall–Kier alpha value is -1.31. The molecule has 0 aliphatic carbocycles. The SMILES string of the molecule is C=C/C(C)=c1/cc[nH]/c1=C(/C)F. The van der Waals surface area contributed by atoms with Crippen LogP contribution in [0, 0.1) is 0 Å². The minimum Gasteiger partial charge on any atom is -0.359 e. The molecule has 1 nitrogen and oxygen atoms in total. The van der Waals surface area contributed by atoms with Gasteiger partial charge >= 0.3 is 0 Å². The van der Waals surface area contributed by atoms with Crippen LogP contribution in [-0.4, -0.2) is 4.98 Å². The number of aromatic nitrogens is 1. The molecule has 0 saturated heterocycles. The van der Waals surface area contributed by atoms with Crippen molar-refractivity contribution in [3.63, 3.8) is 0 Å². The molecule has 0 amide bonds. The first-order chi connectivity index (χ1) is 5.66. The number of aromatic amines is 1. The molecule has 1 heterocycles. The number of nitrogens with one attached hydrogen (secondary N) is 1. The standard InChI is InChI=1S/C10H12FN/c1-4-7(2)9-5-6-12-10(9)8(3)11/h4-6,12H,1H2,2-3H3/b9-7-,10-8-. The van der Waals surface area contributed by atoms with Gasteiger partial charge in [0.25, 0.3) is 0 Å². The van der Waals surface area contributed by atoms with E-state index in [9.17, 15) is 4.39 Å². The lowest BCUT2D eigenvalue weighted by Crippen LogP contribution is -2.25. The van der Waals surface area contributed by atoms with E-state index in [-0.39, 0.29) is 5.83 Å². The number of rotatable bonds is 1. The first kappa shape index (κ1) is 8.78. The van der Waals surface area contributed by atoms with Crippen molar-refractivity contribution in [3.8, 4) is 0 Å². The molecule has 64 valence electrons. The number of hydrogen-bond acceptors (Lipinski definition) is 0. The molecule has 0 aromatic carbocycles. The van der Waals surface area contributed by atoms with Crippen molar-refractivity contribution >= 4 is 11.4 Å². The van der Waals surface area contributed by atoms with Crippen LogP contribution in [0.5, 0.6) is 0 Å². The van der Waals surface area contributed by atoms with Crippen LogP contribution >= 0.6 is 0 Å². The minimum atomic E-state index is -0.198. The van der Waals surface area contributed by atoms with E-state index in [0.717, 1.165) is 10.8 Å². The van der Waals surface area contributed by atoms with Gasteiger partial charge in [-0.2, -0.15) is 0 Å². The largest absolute Gasteiger partial charge is 0.359 e. The van der Waals surface area contributed by atoms with Crippen LogP contribution in [0.3, 0.4) is 0 Å².